The van der Waals surface area contributed by atoms with Crippen LogP contribution in [-0.2, 0) is 65.4 Å². The second kappa shape index (κ2) is 63.5. The van der Waals surface area contributed by atoms with Crippen LogP contribution in [0, 0.1) is 23.7 Å². The minimum Gasteiger partial charge on any atom is -0.462 e. The smallest absolute Gasteiger partial charge is 0.462 e. The Balaban J connectivity index is 5.16. The standard InChI is InChI=1S/C74H144O17P2/c1-9-65(6)51-43-35-26-22-20-18-16-14-12-13-15-17-19-21-23-28-40-48-56-73(78)90-70(61-85-72(77)55-47-39-33-31-37-45-53-67(8)11-3)63-89-93(82,83)87-59-68(75)58-86-92(80,81)88-62-69(60-84-71(76)54-46-38-32-30-34-42-50-64(4)5)91-74(79)57-49-41-29-25-24-27-36-44-52-66(7)10-2/h64-70,75H,9-63H2,1-8H3,(H,80,81)(H,82,83)/t65?,66?,67?,68-,69+,70+/m0/s1. The molecule has 0 heterocycles. The number of esters is 4. The van der Waals surface area contributed by atoms with Crippen molar-refractivity contribution in [3.05, 3.63) is 0 Å². The van der Waals surface area contributed by atoms with Gasteiger partial charge in [-0.05, 0) is 49.4 Å². The van der Waals surface area contributed by atoms with Crippen molar-refractivity contribution >= 4 is 39.5 Å². The largest absolute Gasteiger partial charge is 0.472 e. The van der Waals surface area contributed by atoms with E-state index in [0.29, 0.717) is 31.6 Å². The highest BCUT2D eigenvalue weighted by Crippen LogP contribution is 2.45. The monoisotopic (exact) mass is 1370 g/mol. The molecular weight excluding hydrogens is 1220 g/mol. The highest BCUT2D eigenvalue weighted by molar-refractivity contribution is 7.47. The second-order valence-electron chi connectivity index (χ2n) is 27.9. The fourth-order valence-corrected chi connectivity index (χ4v) is 12.7. The minimum absolute atomic E-state index is 0.103. The second-order valence-corrected chi connectivity index (χ2v) is 30.8. The van der Waals surface area contributed by atoms with Crippen LogP contribution in [0.2, 0.25) is 0 Å². The summed E-state index contributed by atoms with van der Waals surface area (Å²) in [6.45, 7) is 14.1. The number of phosphoric ester groups is 2. The van der Waals surface area contributed by atoms with E-state index in [1.165, 1.54) is 161 Å². The molecule has 0 aromatic carbocycles. The number of carbonyl (C=O) groups is 4. The van der Waals surface area contributed by atoms with Crippen molar-refractivity contribution in [2.24, 2.45) is 23.7 Å². The molecule has 8 atom stereocenters. The zero-order chi connectivity index (χ0) is 68.9. The lowest BCUT2D eigenvalue weighted by Crippen LogP contribution is -2.30. The molecule has 5 unspecified atom stereocenters. The van der Waals surface area contributed by atoms with E-state index in [4.69, 9.17) is 37.0 Å². The lowest BCUT2D eigenvalue weighted by Gasteiger charge is -2.21. The summed E-state index contributed by atoms with van der Waals surface area (Å²) in [7, 11) is -9.91. The van der Waals surface area contributed by atoms with Gasteiger partial charge in [0.05, 0.1) is 26.4 Å². The number of aliphatic hydroxyl groups is 1. The Morgan fingerprint density at radius 1 is 0.301 bits per heavy atom. The quantitative estimate of drug-likeness (QED) is 0.0222. The predicted octanol–water partition coefficient (Wildman–Crippen LogP) is 21.3. The molecule has 17 nitrogen and oxygen atoms in total. The molecule has 0 aromatic heterocycles. The zero-order valence-corrected chi connectivity index (χ0v) is 62.7. The summed E-state index contributed by atoms with van der Waals surface area (Å²) in [5, 5.41) is 10.6. The van der Waals surface area contributed by atoms with E-state index < -0.39 is 97.5 Å². The molecule has 0 saturated heterocycles. The molecule has 0 rings (SSSR count). The summed E-state index contributed by atoms with van der Waals surface area (Å²) < 4.78 is 68.3. The fraction of sp³-hybridized carbons (Fsp3) is 0.946. The molecule has 0 aliphatic rings. The molecule has 0 radical (unpaired) electrons. The Morgan fingerprint density at radius 2 is 0.516 bits per heavy atom. The summed E-state index contributed by atoms with van der Waals surface area (Å²) in [6, 6.07) is 0. The molecule has 0 bridgehead atoms. The first kappa shape index (κ1) is 91.1. The highest BCUT2D eigenvalue weighted by Gasteiger charge is 2.30. The Morgan fingerprint density at radius 3 is 0.763 bits per heavy atom. The van der Waals surface area contributed by atoms with Gasteiger partial charge in [-0.3, -0.25) is 37.3 Å². The van der Waals surface area contributed by atoms with E-state index in [1.807, 2.05) is 0 Å². The van der Waals surface area contributed by atoms with Crippen LogP contribution in [0.25, 0.3) is 0 Å². The summed E-state index contributed by atoms with van der Waals surface area (Å²) >= 11 is 0. The number of unbranched alkanes of at least 4 members (excludes halogenated alkanes) is 34. The Bertz CT molecular complexity index is 1840. The molecule has 3 N–H and O–H groups in total. The van der Waals surface area contributed by atoms with Gasteiger partial charge in [0.15, 0.2) is 12.2 Å². The average Bonchev–Trinajstić information content (AvgIpc) is 2.28. The maximum Gasteiger partial charge on any atom is 0.472 e. The maximum absolute atomic E-state index is 13.0. The number of carbonyl (C=O) groups excluding carboxylic acids is 4. The van der Waals surface area contributed by atoms with Gasteiger partial charge in [-0.15, -0.1) is 0 Å². The van der Waals surface area contributed by atoms with Gasteiger partial charge in [-0.2, -0.15) is 0 Å². The molecule has 19 heteroatoms. The molecule has 0 aliphatic heterocycles. The predicted molar refractivity (Wildman–Crippen MR) is 377 cm³/mol. The average molecular weight is 1370 g/mol. The highest BCUT2D eigenvalue weighted by atomic mass is 31.2. The van der Waals surface area contributed by atoms with Crippen molar-refractivity contribution in [1.82, 2.24) is 0 Å². The number of hydrogen-bond acceptors (Lipinski definition) is 15. The summed E-state index contributed by atoms with van der Waals surface area (Å²) in [5.74, 6) is 0.921. The van der Waals surface area contributed by atoms with E-state index in [0.717, 1.165) is 120 Å². The minimum atomic E-state index is -4.96. The number of rotatable bonds is 71. The van der Waals surface area contributed by atoms with Crippen LogP contribution in [0.15, 0.2) is 0 Å². The topological polar surface area (TPSA) is 237 Å². The first-order chi connectivity index (χ1) is 44.7. The van der Waals surface area contributed by atoms with Crippen LogP contribution in [0.5, 0.6) is 0 Å². The molecule has 0 aromatic rings. The van der Waals surface area contributed by atoms with Crippen molar-refractivity contribution in [2.45, 2.75) is 388 Å². The van der Waals surface area contributed by atoms with E-state index in [9.17, 15) is 43.2 Å². The van der Waals surface area contributed by atoms with Crippen LogP contribution < -0.4 is 0 Å². The van der Waals surface area contributed by atoms with Gasteiger partial charge >= 0.3 is 39.5 Å². The first-order valence-electron chi connectivity index (χ1n) is 38.3. The van der Waals surface area contributed by atoms with Crippen molar-refractivity contribution < 1.29 is 80.2 Å². The number of hydrogen-bond donors (Lipinski definition) is 3. The molecule has 0 saturated carbocycles. The van der Waals surface area contributed by atoms with E-state index >= 15 is 0 Å². The van der Waals surface area contributed by atoms with E-state index in [-0.39, 0.29) is 25.7 Å². The van der Waals surface area contributed by atoms with Crippen LogP contribution in [0.1, 0.15) is 370 Å². The number of aliphatic hydroxyl groups excluding tert-OH is 1. The van der Waals surface area contributed by atoms with Crippen LogP contribution in [0.3, 0.4) is 0 Å². The third-order valence-electron chi connectivity index (χ3n) is 18.2. The molecule has 552 valence electrons. The summed E-state index contributed by atoms with van der Waals surface area (Å²) in [5.41, 5.74) is 0. The number of phosphoric acid groups is 2. The SMILES string of the molecule is CCC(C)CCCCCCCCCCCCCCCCCCCCC(=O)O[C@H](COC(=O)CCCCCCCCC(C)CC)COP(=O)(O)OC[C@@H](O)COP(=O)(O)OC[C@@H](COC(=O)CCCCCCCCC(C)C)OC(=O)CCCCCCCCCCC(C)CC. The Hall–Kier alpha value is -1.94. The molecule has 0 fully saturated rings. The molecule has 0 aliphatic carbocycles. The molecule has 0 spiro atoms. The normalized spacial score (nSPS) is 15.1. The van der Waals surface area contributed by atoms with Gasteiger partial charge in [-0.1, -0.05) is 319 Å². The van der Waals surface area contributed by atoms with Gasteiger partial charge in [0.25, 0.3) is 0 Å². The van der Waals surface area contributed by atoms with Crippen LogP contribution in [0.4, 0.5) is 0 Å². The van der Waals surface area contributed by atoms with Crippen molar-refractivity contribution in [1.29, 1.82) is 0 Å². The van der Waals surface area contributed by atoms with E-state index in [2.05, 4.69) is 55.4 Å². The van der Waals surface area contributed by atoms with Gasteiger partial charge < -0.3 is 33.8 Å². The molecule has 93 heavy (non-hydrogen) atoms. The van der Waals surface area contributed by atoms with Crippen molar-refractivity contribution in [3.8, 4) is 0 Å². The van der Waals surface area contributed by atoms with Gasteiger partial charge in [0.1, 0.15) is 19.3 Å². The van der Waals surface area contributed by atoms with Crippen LogP contribution >= 0.6 is 15.6 Å². The summed E-state index contributed by atoms with van der Waals surface area (Å²) in [4.78, 5) is 72.6. The number of ether oxygens (including phenoxy) is 4. The third kappa shape index (κ3) is 64.5. The Kier molecular flexibility index (Phi) is 62.2. The molecule has 0 amide bonds. The third-order valence-corrected chi connectivity index (χ3v) is 20.1. The van der Waals surface area contributed by atoms with Crippen molar-refractivity contribution in [3.63, 3.8) is 0 Å². The lowest BCUT2D eigenvalue weighted by atomic mass is 9.99. The van der Waals surface area contributed by atoms with Crippen molar-refractivity contribution in [2.75, 3.05) is 39.6 Å². The van der Waals surface area contributed by atoms with Gasteiger partial charge in [0.2, 0.25) is 0 Å². The van der Waals surface area contributed by atoms with E-state index in [1.54, 1.807) is 0 Å². The van der Waals surface area contributed by atoms with Gasteiger partial charge in [0, 0.05) is 25.7 Å². The Labute approximate surface area is 568 Å². The molecular formula is C74H144O17P2. The fourth-order valence-electron chi connectivity index (χ4n) is 11.1. The first-order valence-corrected chi connectivity index (χ1v) is 41.3. The van der Waals surface area contributed by atoms with Gasteiger partial charge in [-0.25, -0.2) is 9.13 Å². The lowest BCUT2D eigenvalue weighted by molar-refractivity contribution is -0.161. The maximum atomic E-state index is 13.0. The summed E-state index contributed by atoms with van der Waals surface area (Å²) in [6.07, 6.45) is 47.5. The zero-order valence-electron chi connectivity index (χ0n) is 60.9. The van der Waals surface area contributed by atoms with Crippen LogP contribution in [-0.4, -0.2) is 96.7 Å².